The fourth-order valence-electron chi connectivity index (χ4n) is 5.34. The molecule has 2 aromatic rings. The van der Waals surface area contributed by atoms with Crippen LogP contribution in [0.2, 0.25) is 0 Å². The second kappa shape index (κ2) is 8.82. The van der Waals surface area contributed by atoms with Crippen molar-refractivity contribution in [3.05, 3.63) is 42.0 Å². The second-order valence-electron chi connectivity index (χ2n) is 10.7. The molecule has 0 atom stereocenters. The number of ether oxygens (including phenoxy) is 1. The summed E-state index contributed by atoms with van der Waals surface area (Å²) < 4.78 is 6.36. The Morgan fingerprint density at radius 3 is 2.35 bits per heavy atom. The molecule has 0 radical (unpaired) electrons. The van der Waals surface area contributed by atoms with Crippen LogP contribution in [0.3, 0.4) is 0 Å². The van der Waals surface area contributed by atoms with E-state index in [1.165, 1.54) is 35.6 Å². The molecule has 0 saturated heterocycles. The van der Waals surface area contributed by atoms with Crippen molar-refractivity contribution in [1.82, 2.24) is 5.32 Å². The number of rotatable bonds is 7. The molecule has 0 amide bonds. The Hall–Kier alpha value is -2.07. The fraction of sp³-hybridized carbons (Fsp3) is 0.593. The van der Waals surface area contributed by atoms with Gasteiger partial charge in [0.1, 0.15) is 5.75 Å². The van der Waals surface area contributed by atoms with E-state index < -0.39 is 5.97 Å². The van der Waals surface area contributed by atoms with Gasteiger partial charge in [-0.2, -0.15) is 0 Å². The summed E-state index contributed by atoms with van der Waals surface area (Å²) in [6, 6.07) is 13.1. The molecule has 2 aliphatic rings. The molecule has 0 unspecified atom stereocenters. The highest BCUT2D eigenvalue weighted by atomic mass is 16.5. The highest BCUT2D eigenvalue weighted by Crippen LogP contribution is 2.42. The van der Waals surface area contributed by atoms with Gasteiger partial charge in [-0.25, -0.2) is 0 Å². The molecular formula is C27H37NO3. The van der Waals surface area contributed by atoms with E-state index in [1.807, 2.05) is 0 Å². The van der Waals surface area contributed by atoms with Crippen molar-refractivity contribution in [3.8, 4) is 5.75 Å². The Morgan fingerprint density at radius 2 is 1.74 bits per heavy atom. The van der Waals surface area contributed by atoms with Crippen molar-refractivity contribution in [3.63, 3.8) is 0 Å². The van der Waals surface area contributed by atoms with Crippen molar-refractivity contribution in [2.24, 2.45) is 11.3 Å². The van der Waals surface area contributed by atoms with Crippen molar-refractivity contribution in [1.29, 1.82) is 0 Å². The first kappa shape index (κ1) is 22.1. The number of carboxylic acids is 1. The average Bonchev–Trinajstić information content (AvgIpc) is 2.69. The van der Waals surface area contributed by atoms with E-state index in [-0.39, 0.29) is 12.0 Å². The molecule has 0 aliphatic heterocycles. The summed E-state index contributed by atoms with van der Waals surface area (Å²) in [5.41, 5.74) is 1.60. The van der Waals surface area contributed by atoms with Crippen LogP contribution >= 0.6 is 0 Å². The van der Waals surface area contributed by atoms with E-state index in [9.17, 15) is 4.79 Å². The molecule has 2 saturated carbocycles. The standard InChI is InChI=1S/C27H37NO3/c1-26(2,3)21-8-11-23(12-9-21)31-24-10-6-19-17-22(7-5-20(19)18-24)27(14-4-15-27)28-16-13-25(29)30/h5-7,10,17-18,21,23,28H,4,8-9,11-16H2,1-3H3,(H,29,30)/t21-,23-. The predicted molar refractivity (Wildman–Crippen MR) is 126 cm³/mol. The molecule has 4 rings (SSSR count). The molecule has 0 spiro atoms. The van der Waals surface area contributed by atoms with Crippen LogP contribution in [0.15, 0.2) is 36.4 Å². The zero-order valence-corrected chi connectivity index (χ0v) is 19.2. The van der Waals surface area contributed by atoms with Crippen molar-refractivity contribution < 1.29 is 14.6 Å². The topological polar surface area (TPSA) is 58.6 Å². The molecule has 4 heteroatoms. The number of nitrogens with one attached hydrogen (secondary N) is 1. The van der Waals surface area contributed by atoms with Gasteiger partial charge in [-0.3, -0.25) is 4.79 Å². The van der Waals surface area contributed by atoms with Crippen LogP contribution in [0.25, 0.3) is 10.8 Å². The van der Waals surface area contributed by atoms with Crippen LogP contribution in [0.1, 0.15) is 77.7 Å². The summed E-state index contributed by atoms with van der Waals surface area (Å²) in [5, 5.41) is 14.9. The maximum atomic E-state index is 10.9. The number of aliphatic carboxylic acids is 1. The van der Waals surface area contributed by atoms with Crippen LogP contribution in [0.5, 0.6) is 5.75 Å². The Morgan fingerprint density at radius 1 is 1.06 bits per heavy atom. The third kappa shape index (κ3) is 5.06. The monoisotopic (exact) mass is 423 g/mol. The Kier molecular flexibility index (Phi) is 6.30. The molecule has 4 nitrogen and oxygen atoms in total. The number of hydrogen-bond acceptors (Lipinski definition) is 3. The third-order valence-electron chi connectivity index (χ3n) is 7.58. The van der Waals surface area contributed by atoms with Gasteiger partial charge in [-0.15, -0.1) is 0 Å². The highest BCUT2D eigenvalue weighted by Gasteiger charge is 2.38. The molecule has 168 valence electrons. The second-order valence-corrected chi connectivity index (χ2v) is 10.7. The normalized spacial score (nSPS) is 23.3. The van der Waals surface area contributed by atoms with Gasteiger partial charge >= 0.3 is 5.97 Å². The number of carbonyl (C=O) groups is 1. The lowest BCUT2D eigenvalue weighted by molar-refractivity contribution is -0.137. The molecular weight excluding hydrogens is 386 g/mol. The molecule has 2 N–H and O–H groups in total. The SMILES string of the molecule is CC(C)(C)[C@H]1CC[C@H](Oc2ccc3cc(C4(NCCC(=O)O)CCC4)ccc3c2)CC1. The van der Waals surface area contributed by atoms with Crippen LogP contribution in [-0.2, 0) is 10.3 Å². The smallest absolute Gasteiger partial charge is 0.304 e. The molecule has 0 aromatic heterocycles. The van der Waals surface area contributed by atoms with Gasteiger partial charge in [0.05, 0.1) is 12.5 Å². The largest absolute Gasteiger partial charge is 0.490 e. The summed E-state index contributed by atoms with van der Waals surface area (Å²) >= 11 is 0. The zero-order valence-electron chi connectivity index (χ0n) is 19.2. The van der Waals surface area contributed by atoms with Gasteiger partial charge in [0.25, 0.3) is 0 Å². The molecule has 2 fully saturated rings. The van der Waals surface area contributed by atoms with Crippen LogP contribution in [0.4, 0.5) is 0 Å². The van der Waals surface area contributed by atoms with E-state index in [4.69, 9.17) is 9.84 Å². The predicted octanol–water partition coefficient (Wildman–Crippen LogP) is 6.27. The summed E-state index contributed by atoms with van der Waals surface area (Å²) in [6.45, 7) is 7.57. The Balaban J connectivity index is 1.42. The summed E-state index contributed by atoms with van der Waals surface area (Å²) in [4.78, 5) is 10.9. The van der Waals surface area contributed by atoms with Gasteiger partial charge in [-0.05, 0) is 90.8 Å². The lowest BCUT2D eigenvalue weighted by Gasteiger charge is -2.43. The lowest BCUT2D eigenvalue weighted by Crippen LogP contribution is -2.48. The summed E-state index contributed by atoms with van der Waals surface area (Å²) in [5.74, 6) is 1.02. The molecule has 0 bridgehead atoms. The quantitative estimate of drug-likeness (QED) is 0.551. The van der Waals surface area contributed by atoms with Crippen LogP contribution < -0.4 is 10.1 Å². The average molecular weight is 424 g/mol. The zero-order chi connectivity index (χ0) is 22.1. The van der Waals surface area contributed by atoms with Crippen LogP contribution in [0, 0.1) is 11.3 Å². The fourth-order valence-corrected chi connectivity index (χ4v) is 5.34. The molecule has 2 aromatic carbocycles. The maximum absolute atomic E-state index is 10.9. The number of hydrogen-bond donors (Lipinski definition) is 2. The number of fused-ring (bicyclic) bond motifs is 1. The highest BCUT2D eigenvalue weighted by molar-refractivity contribution is 5.84. The number of carboxylic acid groups (broad SMARTS) is 1. The van der Waals surface area contributed by atoms with Gasteiger partial charge < -0.3 is 15.2 Å². The lowest BCUT2D eigenvalue weighted by atomic mass is 9.71. The van der Waals surface area contributed by atoms with Gasteiger partial charge in [0.15, 0.2) is 0 Å². The van der Waals surface area contributed by atoms with Crippen molar-refractivity contribution in [2.45, 2.75) is 83.8 Å². The minimum absolute atomic E-state index is 0.0650. The van der Waals surface area contributed by atoms with Crippen molar-refractivity contribution in [2.75, 3.05) is 6.54 Å². The van der Waals surface area contributed by atoms with E-state index in [2.05, 4.69) is 62.5 Å². The third-order valence-corrected chi connectivity index (χ3v) is 7.58. The maximum Gasteiger partial charge on any atom is 0.304 e. The van der Waals surface area contributed by atoms with Crippen molar-refractivity contribution >= 4 is 16.7 Å². The number of benzene rings is 2. The molecule has 0 heterocycles. The first-order chi connectivity index (χ1) is 14.7. The van der Waals surface area contributed by atoms with Gasteiger partial charge in [0.2, 0.25) is 0 Å². The summed E-state index contributed by atoms with van der Waals surface area (Å²) in [6.07, 6.45) is 8.59. The minimum atomic E-state index is -0.750. The van der Waals surface area contributed by atoms with Crippen LogP contribution in [-0.4, -0.2) is 23.7 Å². The minimum Gasteiger partial charge on any atom is -0.490 e. The van der Waals surface area contributed by atoms with E-state index in [1.54, 1.807) is 0 Å². The molecule has 31 heavy (non-hydrogen) atoms. The first-order valence-electron chi connectivity index (χ1n) is 11.9. The first-order valence-corrected chi connectivity index (χ1v) is 11.9. The van der Waals surface area contributed by atoms with E-state index in [0.717, 1.165) is 37.4 Å². The van der Waals surface area contributed by atoms with E-state index in [0.29, 0.717) is 18.1 Å². The van der Waals surface area contributed by atoms with Gasteiger partial charge in [0, 0.05) is 12.1 Å². The van der Waals surface area contributed by atoms with E-state index >= 15 is 0 Å². The van der Waals surface area contributed by atoms with Gasteiger partial charge in [-0.1, -0.05) is 39.0 Å². The Bertz CT molecular complexity index is 918. The molecule has 2 aliphatic carbocycles. The summed E-state index contributed by atoms with van der Waals surface area (Å²) in [7, 11) is 0. The Labute approximate surface area is 186 Å².